The highest BCUT2D eigenvalue weighted by molar-refractivity contribution is 6.31. The second-order valence-electron chi connectivity index (χ2n) is 3.96. The highest BCUT2D eigenvalue weighted by atomic mass is 35.5. The van der Waals surface area contributed by atoms with Crippen LogP contribution in [0.25, 0.3) is 0 Å². The molecule has 1 nitrogen and oxygen atoms in total. The summed E-state index contributed by atoms with van der Waals surface area (Å²) in [6, 6.07) is 8.55. The van der Waals surface area contributed by atoms with Gasteiger partial charge in [0, 0.05) is 10.6 Å². The van der Waals surface area contributed by atoms with Crippen LogP contribution in [0.3, 0.4) is 0 Å². The average molecular weight is 269 g/mol. The molecule has 0 spiro atoms. The zero-order chi connectivity index (χ0) is 13.1. The number of ether oxygens (including phenoxy) is 1. The molecule has 2 aromatic rings. The standard InChI is InChI=1S/C14H11ClF2O/c1-9-2-5-13(17)14(6-9)18-8-10-7-11(16)3-4-12(10)15/h2-7H,8H2,1H3. The van der Waals surface area contributed by atoms with Gasteiger partial charge in [-0.2, -0.15) is 0 Å². The van der Waals surface area contributed by atoms with Crippen LogP contribution in [-0.4, -0.2) is 0 Å². The van der Waals surface area contributed by atoms with Crippen LogP contribution in [0, 0.1) is 18.6 Å². The first-order valence-corrected chi connectivity index (χ1v) is 5.77. The van der Waals surface area contributed by atoms with Crippen molar-refractivity contribution in [2.45, 2.75) is 13.5 Å². The van der Waals surface area contributed by atoms with E-state index in [2.05, 4.69) is 0 Å². The van der Waals surface area contributed by atoms with Gasteiger partial charge in [-0.15, -0.1) is 0 Å². The molecule has 0 saturated carbocycles. The molecule has 0 atom stereocenters. The van der Waals surface area contributed by atoms with Gasteiger partial charge < -0.3 is 4.74 Å². The number of halogens is 3. The Bertz CT molecular complexity index is 518. The molecule has 0 bridgehead atoms. The van der Waals surface area contributed by atoms with E-state index in [9.17, 15) is 8.78 Å². The Kier molecular flexibility index (Phi) is 3.82. The van der Waals surface area contributed by atoms with E-state index >= 15 is 0 Å². The summed E-state index contributed by atoms with van der Waals surface area (Å²) in [4.78, 5) is 0. The molecule has 0 aromatic heterocycles. The summed E-state index contributed by atoms with van der Waals surface area (Å²) >= 11 is 5.89. The third kappa shape index (κ3) is 2.99. The second-order valence-corrected chi connectivity index (χ2v) is 4.37. The van der Waals surface area contributed by atoms with Gasteiger partial charge in [0.25, 0.3) is 0 Å². The SMILES string of the molecule is Cc1ccc(F)c(OCc2cc(F)ccc2Cl)c1. The summed E-state index contributed by atoms with van der Waals surface area (Å²) in [6.07, 6.45) is 0. The summed E-state index contributed by atoms with van der Waals surface area (Å²) in [7, 11) is 0. The third-order valence-corrected chi connectivity index (χ3v) is 2.85. The van der Waals surface area contributed by atoms with Crippen LogP contribution in [-0.2, 0) is 6.61 Å². The molecule has 0 unspecified atom stereocenters. The molecule has 0 aliphatic rings. The van der Waals surface area contributed by atoms with Crippen LogP contribution in [0.4, 0.5) is 8.78 Å². The van der Waals surface area contributed by atoms with Gasteiger partial charge in [0.2, 0.25) is 0 Å². The summed E-state index contributed by atoms with van der Waals surface area (Å²) in [6.45, 7) is 1.86. The minimum Gasteiger partial charge on any atom is -0.486 e. The van der Waals surface area contributed by atoms with Crippen molar-refractivity contribution in [1.29, 1.82) is 0 Å². The van der Waals surface area contributed by atoms with Crippen molar-refractivity contribution in [3.8, 4) is 5.75 Å². The van der Waals surface area contributed by atoms with Crippen LogP contribution < -0.4 is 4.74 Å². The molecule has 18 heavy (non-hydrogen) atoms. The smallest absolute Gasteiger partial charge is 0.165 e. The number of hydrogen-bond donors (Lipinski definition) is 0. The summed E-state index contributed by atoms with van der Waals surface area (Å²) < 4.78 is 31.8. The lowest BCUT2D eigenvalue weighted by atomic mass is 10.2. The van der Waals surface area contributed by atoms with E-state index in [1.54, 1.807) is 12.1 Å². The van der Waals surface area contributed by atoms with Crippen molar-refractivity contribution >= 4 is 11.6 Å². The molecule has 94 valence electrons. The van der Waals surface area contributed by atoms with E-state index in [-0.39, 0.29) is 12.4 Å². The van der Waals surface area contributed by atoms with Crippen molar-refractivity contribution < 1.29 is 13.5 Å². The van der Waals surface area contributed by atoms with E-state index in [1.165, 1.54) is 24.3 Å². The maximum absolute atomic E-state index is 13.4. The molecule has 0 N–H and O–H groups in total. The van der Waals surface area contributed by atoms with E-state index in [1.807, 2.05) is 6.92 Å². The van der Waals surface area contributed by atoms with E-state index in [4.69, 9.17) is 16.3 Å². The summed E-state index contributed by atoms with van der Waals surface area (Å²) in [5, 5.41) is 0.393. The summed E-state index contributed by atoms with van der Waals surface area (Å²) in [5.74, 6) is -0.717. The maximum Gasteiger partial charge on any atom is 0.165 e. The van der Waals surface area contributed by atoms with Crippen LogP contribution in [0.15, 0.2) is 36.4 Å². The molecule has 0 heterocycles. The fourth-order valence-electron chi connectivity index (χ4n) is 1.53. The van der Waals surface area contributed by atoms with Gasteiger partial charge >= 0.3 is 0 Å². The van der Waals surface area contributed by atoms with Crippen LogP contribution in [0.1, 0.15) is 11.1 Å². The maximum atomic E-state index is 13.4. The molecule has 2 rings (SSSR count). The fraction of sp³-hybridized carbons (Fsp3) is 0.143. The molecule has 0 fully saturated rings. The molecule has 0 saturated heterocycles. The Labute approximate surface area is 109 Å². The second kappa shape index (κ2) is 5.36. The molecular weight excluding hydrogens is 258 g/mol. The largest absolute Gasteiger partial charge is 0.486 e. The lowest BCUT2D eigenvalue weighted by molar-refractivity contribution is 0.289. The Balaban J connectivity index is 2.16. The van der Waals surface area contributed by atoms with Gasteiger partial charge in [0.1, 0.15) is 12.4 Å². The highest BCUT2D eigenvalue weighted by Crippen LogP contribution is 2.22. The Morgan fingerprint density at radius 2 is 1.89 bits per heavy atom. The molecule has 2 aromatic carbocycles. The van der Waals surface area contributed by atoms with Crippen molar-refractivity contribution in [2.75, 3.05) is 0 Å². The average Bonchev–Trinajstić information content (AvgIpc) is 2.34. The van der Waals surface area contributed by atoms with Gasteiger partial charge in [-0.3, -0.25) is 0 Å². The first-order valence-electron chi connectivity index (χ1n) is 5.39. The minimum absolute atomic E-state index is 0.0248. The monoisotopic (exact) mass is 268 g/mol. The van der Waals surface area contributed by atoms with Gasteiger partial charge in [-0.1, -0.05) is 17.7 Å². The highest BCUT2D eigenvalue weighted by Gasteiger charge is 2.07. The zero-order valence-corrected chi connectivity index (χ0v) is 10.5. The van der Waals surface area contributed by atoms with Crippen molar-refractivity contribution in [3.05, 3.63) is 64.2 Å². The number of rotatable bonds is 3. The van der Waals surface area contributed by atoms with E-state index < -0.39 is 11.6 Å². The normalized spacial score (nSPS) is 10.4. The fourth-order valence-corrected chi connectivity index (χ4v) is 1.70. The Morgan fingerprint density at radius 3 is 2.67 bits per heavy atom. The molecule has 0 amide bonds. The van der Waals surface area contributed by atoms with Crippen LogP contribution in [0.2, 0.25) is 5.02 Å². The van der Waals surface area contributed by atoms with Gasteiger partial charge in [-0.05, 0) is 42.8 Å². The Morgan fingerprint density at radius 1 is 1.11 bits per heavy atom. The van der Waals surface area contributed by atoms with Gasteiger partial charge in [0.15, 0.2) is 11.6 Å². The van der Waals surface area contributed by atoms with Crippen molar-refractivity contribution in [1.82, 2.24) is 0 Å². The van der Waals surface area contributed by atoms with Crippen LogP contribution in [0.5, 0.6) is 5.75 Å². The lowest BCUT2D eigenvalue weighted by Gasteiger charge is -2.09. The molecule has 0 radical (unpaired) electrons. The summed E-state index contributed by atoms with van der Waals surface area (Å²) in [5.41, 5.74) is 1.37. The third-order valence-electron chi connectivity index (χ3n) is 2.48. The molecule has 4 heteroatoms. The number of aryl methyl sites for hydroxylation is 1. The molecular formula is C14H11ClF2O. The molecule has 0 aliphatic carbocycles. The predicted molar refractivity (Wildman–Crippen MR) is 66.9 cm³/mol. The lowest BCUT2D eigenvalue weighted by Crippen LogP contribution is -1.99. The zero-order valence-electron chi connectivity index (χ0n) is 9.71. The van der Waals surface area contributed by atoms with E-state index in [0.717, 1.165) is 5.56 Å². The molecule has 0 aliphatic heterocycles. The van der Waals surface area contributed by atoms with Crippen LogP contribution >= 0.6 is 11.6 Å². The number of hydrogen-bond acceptors (Lipinski definition) is 1. The predicted octanol–water partition coefficient (Wildman–Crippen LogP) is 4.51. The van der Waals surface area contributed by atoms with Crippen molar-refractivity contribution in [2.24, 2.45) is 0 Å². The minimum atomic E-state index is -0.451. The van der Waals surface area contributed by atoms with Crippen molar-refractivity contribution in [3.63, 3.8) is 0 Å². The van der Waals surface area contributed by atoms with E-state index in [0.29, 0.717) is 10.6 Å². The quantitative estimate of drug-likeness (QED) is 0.796. The topological polar surface area (TPSA) is 9.23 Å². The first kappa shape index (κ1) is 12.8. The van der Waals surface area contributed by atoms with Gasteiger partial charge in [0.05, 0.1) is 0 Å². The Hall–Kier alpha value is -1.61. The number of benzene rings is 2. The first-order chi connectivity index (χ1) is 8.56. The van der Waals surface area contributed by atoms with Gasteiger partial charge in [-0.25, -0.2) is 8.78 Å².